The summed E-state index contributed by atoms with van der Waals surface area (Å²) in [6.07, 6.45) is 1.82. The van der Waals surface area contributed by atoms with Crippen molar-refractivity contribution in [2.45, 2.75) is 19.1 Å². The first-order valence-corrected chi connectivity index (χ1v) is 9.21. The number of rotatable bonds is 8. The zero-order chi connectivity index (χ0) is 20.5. The van der Waals surface area contributed by atoms with Crippen LogP contribution in [0.15, 0.2) is 79.0 Å². The van der Waals surface area contributed by atoms with Gasteiger partial charge in [0.25, 0.3) is 5.91 Å². The number of pyridine rings is 1. The summed E-state index contributed by atoms with van der Waals surface area (Å²) in [5.41, 5.74) is 2.19. The van der Waals surface area contributed by atoms with E-state index in [9.17, 15) is 9.59 Å². The lowest BCUT2D eigenvalue weighted by Crippen LogP contribution is -2.43. The Morgan fingerprint density at radius 1 is 0.931 bits per heavy atom. The molecule has 29 heavy (non-hydrogen) atoms. The third kappa shape index (κ3) is 5.90. The fourth-order valence-corrected chi connectivity index (χ4v) is 2.76. The molecule has 2 aromatic carbocycles. The molecule has 0 saturated carbocycles. The van der Waals surface area contributed by atoms with Gasteiger partial charge in [0.2, 0.25) is 0 Å². The second-order valence-corrected chi connectivity index (χ2v) is 6.39. The number of aromatic nitrogens is 1. The minimum atomic E-state index is -0.814. The Kier molecular flexibility index (Phi) is 6.95. The molecule has 0 bridgehead atoms. The molecule has 0 aliphatic rings. The summed E-state index contributed by atoms with van der Waals surface area (Å²) in [6, 6.07) is 21.5. The molecular weight excluding hydrogens is 368 g/mol. The van der Waals surface area contributed by atoms with E-state index in [4.69, 9.17) is 9.47 Å². The minimum Gasteiger partial charge on any atom is -0.489 e. The van der Waals surface area contributed by atoms with Crippen LogP contribution in [0.1, 0.15) is 21.6 Å². The van der Waals surface area contributed by atoms with Crippen LogP contribution in [0.3, 0.4) is 0 Å². The fourth-order valence-electron chi connectivity index (χ4n) is 2.76. The Hall–Kier alpha value is -3.67. The molecule has 0 fully saturated rings. The molecule has 1 atom stereocenters. The number of amides is 1. The van der Waals surface area contributed by atoms with Gasteiger partial charge in [-0.3, -0.25) is 9.78 Å². The molecule has 1 heterocycles. The molecule has 1 aromatic heterocycles. The quantitative estimate of drug-likeness (QED) is 0.598. The summed E-state index contributed by atoms with van der Waals surface area (Å²) in [5.74, 6) is -0.216. The third-order valence-corrected chi connectivity index (χ3v) is 4.30. The molecule has 1 N–H and O–H groups in total. The van der Waals surface area contributed by atoms with Crippen LogP contribution in [0.2, 0.25) is 0 Å². The molecule has 0 radical (unpaired) electrons. The molecule has 0 unspecified atom stereocenters. The smallest absolute Gasteiger partial charge is 0.328 e. The number of carbonyl (C=O) groups excluding carboxylic acids is 2. The van der Waals surface area contributed by atoms with Crippen LogP contribution in [0.4, 0.5) is 0 Å². The molecule has 3 rings (SSSR count). The number of methoxy groups -OCH3 is 1. The largest absolute Gasteiger partial charge is 0.489 e. The average molecular weight is 390 g/mol. The van der Waals surface area contributed by atoms with Crippen molar-refractivity contribution in [3.05, 3.63) is 95.8 Å². The van der Waals surface area contributed by atoms with Crippen LogP contribution < -0.4 is 10.1 Å². The van der Waals surface area contributed by atoms with Gasteiger partial charge in [-0.05, 0) is 35.4 Å². The van der Waals surface area contributed by atoms with Crippen LogP contribution in [-0.4, -0.2) is 30.0 Å². The zero-order valence-corrected chi connectivity index (χ0v) is 16.1. The van der Waals surface area contributed by atoms with E-state index in [1.165, 1.54) is 13.3 Å². The summed E-state index contributed by atoms with van der Waals surface area (Å²) in [5, 5.41) is 2.69. The molecular formula is C23H22N2O4. The number of hydrogen-bond acceptors (Lipinski definition) is 5. The summed E-state index contributed by atoms with van der Waals surface area (Å²) < 4.78 is 10.6. The van der Waals surface area contributed by atoms with E-state index >= 15 is 0 Å². The lowest BCUT2D eigenvalue weighted by molar-refractivity contribution is -0.142. The lowest BCUT2D eigenvalue weighted by atomic mass is 10.1. The minimum absolute atomic E-state index is 0.242. The topological polar surface area (TPSA) is 77.5 Å². The van der Waals surface area contributed by atoms with Gasteiger partial charge in [0.15, 0.2) is 0 Å². The highest BCUT2D eigenvalue weighted by Crippen LogP contribution is 2.16. The normalized spacial score (nSPS) is 11.3. The highest BCUT2D eigenvalue weighted by atomic mass is 16.5. The number of nitrogens with zero attached hydrogens (tertiary/aromatic N) is 1. The van der Waals surface area contributed by atoms with Gasteiger partial charge >= 0.3 is 5.97 Å². The predicted molar refractivity (Wildman–Crippen MR) is 108 cm³/mol. The Morgan fingerprint density at radius 2 is 1.66 bits per heavy atom. The number of nitrogens with one attached hydrogen (secondary N) is 1. The molecule has 0 spiro atoms. The third-order valence-electron chi connectivity index (χ3n) is 4.30. The first-order chi connectivity index (χ1) is 14.2. The molecule has 6 nitrogen and oxygen atoms in total. The second-order valence-electron chi connectivity index (χ2n) is 6.39. The van der Waals surface area contributed by atoms with Gasteiger partial charge in [-0.25, -0.2) is 4.79 Å². The van der Waals surface area contributed by atoms with Crippen LogP contribution >= 0.6 is 0 Å². The number of carbonyl (C=O) groups is 2. The van der Waals surface area contributed by atoms with Crippen molar-refractivity contribution in [3.63, 3.8) is 0 Å². The van der Waals surface area contributed by atoms with Crippen LogP contribution in [-0.2, 0) is 22.6 Å². The Labute approximate surface area is 169 Å². The molecule has 0 aliphatic carbocycles. The van der Waals surface area contributed by atoms with E-state index in [1.807, 2.05) is 54.6 Å². The summed E-state index contributed by atoms with van der Waals surface area (Å²) in [4.78, 5) is 28.5. The fraction of sp³-hybridized carbons (Fsp3) is 0.174. The highest BCUT2D eigenvalue weighted by molar-refractivity contribution is 5.95. The van der Waals surface area contributed by atoms with Crippen molar-refractivity contribution in [1.82, 2.24) is 10.3 Å². The van der Waals surface area contributed by atoms with Crippen molar-refractivity contribution in [2.75, 3.05) is 7.11 Å². The van der Waals surface area contributed by atoms with Gasteiger partial charge < -0.3 is 14.8 Å². The zero-order valence-electron chi connectivity index (χ0n) is 16.1. The van der Waals surface area contributed by atoms with Crippen molar-refractivity contribution in [3.8, 4) is 5.75 Å². The SMILES string of the molecule is COC(=O)[C@@H](Cc1ccc(OCc2ccccc2)cc1)NC(=O)c1ccccn1. The molecule has 0 saturated heterocycles. The molecule has 1 amide bonds. The Balaban J connectivity index is 1.61. The highest BCUT2D eigenvalue weighted by Gasteiger charge is 2.23. The maximum absolute atomic E-state index is 12.3. The van der Waals surface area contributed by atoms with Gasteiger partial charge in [0.1, 0.15) is 24.1 Å². The first-order valence-electron chi connectivity index (χ1n) is 9.21. The Bertz CT molecular complexity index is 928. The van der Waals surface area contributed by atoms with Crippen molar-refractivity contribution in [2.24, 2.45) is 0 Å². The van der Waals surface area contributed by atoms with Crippen molar-refractivity contribution in [1.29, 1.82) is 0 Å². The molecule has 0 aliphatic heterocycles. The van der Waals surface area contributed by atoms with E-state index < -0.39 is 17.9 Å². The van der Waals surface area contributed by atoms with E-state index in [2.05, 4.69) is 10.3 Å². The van der Waals surface area contributed by atoms with Gasteiger partial charge in [-0.2, -0.15) is 0 Å². The first kappa shape index (κ1) is 20.1. The maximum Gasteiger partial charge on any atom is 0.328 e. The van der Waals surface area contributed by atoms with E-state index in [0.29, 0.717) is 13.0 Å². The molecule has 6 heteroatoms. The predicted octanol–water partition coefficient (Wildman–Crippen LogP) is 3.17. The summed E-state index contributed by atoms with van der Waals surface area (Å²) in [6.45, 7) is 0.477. The number of benzene rings is 2. The summed E-state index contributed by atoms with van der Waals surface area (Å²) in [7, 11) is 1.29. The summed E-state index contributed by atoms with van der Waals surface area (Å²) >= 11 is 0. The van der Waals surface area contributed by atoms with Crippen LogP contribution in [0.5, 0.6) is 5.75 Å². The van der Waals surface area contributed by atoms with Gasteiger partial charge in [-0.15, -0.1) is 0 Å². The van der Waals surface area contributed by atoms with Crippen molar-refractivity contribution >= 4 is 11.9 Å². The maximum atomic E-state index is 12.3. The number of ether oxygens (including phenoxy) is 2. The van der Waals surface area contributed by atoms with E-state index in [1.54, 1.807) is 18.2 Å². The number of esters is 1. The van der Waals surface area contributed by atoms with Crippen LogP contribution in [0.25, 0.3) is 0 Å². The monoisotopic (exact) mass is 390 g/mol. The van der Waals surface area contributed by atoms with E-state index in [0.717, 1.165) is 16.9 Å². The second kappa shape index (κ2) is 10.0. The van der Waals surface area contributed by atoms with Gasteiger partial charge in [-0.1, -0.05) is 48.5 Å². The van der Waals surface area contributed by atoms with Gasteiger partial charge in [0.05, 0.1) is 7.11 Å². The van der Waals surface area contributed by atoms with Crippen LogP contribution in [0, 0.1) is 0 Å². The van der Waals surface area contributed by atoms with Crippen molar-refractivity contribution < 1.29 is 19.1 Å². The molecule has 3 aromatic rings. The molecule has 148 valence electrons. The number of hydrogen-bond donors (Lipinski definition) is 1. The van der Waals surface area contributed by atoms with Gasteiger partial charge in [0, 0.05) is 12.6 Å². The van der Waals surface area contributed by atoms with E-state index in [-0.39, 0.29) is 5.69 Å². The Morgan fingerprint density at radius 3 is 2.31 bits per heavy atom. The lowest BCUT2D eigenvalue weighted by Gasteiger charge is -2.16. The average Bonchev–Trinajstić information content (AvgIpc) is 2.78. The standard InChI is InChI=1S/C23H22N2O4/c1-28-23(27)21(25-22(26)20-9-5-6-14-24-20)15-17-10-12-19(13-11-17)29-16-18-7-3-2-4-8-18/h2-14,21H,15-16H2,1H3,(H,25,26)/t21-/m1/s1.